The molecule has 0 aliphatic carbocycles. The first kappa shape index (κ1) is 11.0. The van der Waals surface area contributed by atoms with Crippen LogP contribution in [0.3, 0.4) is 0 Å². The number of methoxy groups -OCH3 is 3. The first-order valence-electron chi connectivity index (χ1n) is 4.48. The van der Waals surface area contributed by atoms with E-state index in [-0.39, 0.29) is 6.29 Å². The summed E-state index contributed by atoms with van der Waals surface area (Å²) in [7, 11) is 4.92. The quantitative estimate of drug-likeness (QED) is 0.673. The lowest BCUT2D eigenvalue weighted by Crippen LogP contribution is -2.15. The van der Waals surface area contributed by atoms with Crippen LogP contribution in [0.25, 0.3) is 0 Å². The van der Waals surface area contributed by atoms with Crippen LogP contribution in [0.1, 0.15) is 5.56 Å². The molecule has 0 aliphatic rings. The summed E-state index contributed by atoms with van der Waals surface area (Å²) in [6.07, 6.45) is 0.534. The van der Waals surface area contributed by atoms with Gasteiger partial charge in [0.1, 0.15) is 5.75 Å². The van der Waals surface area contributed by atoms with Gasteiger partial charge in [-0.15, -0.1) is 0 Å². The SMILES string of the molecule is COc1cccc(CC(OC)OC)c1. The third-order valence-corrected chi connectivity index (χ3v) is 2.06. The molecule has 0 bridgehead atoms. The van der Waals surface area contributed by atoms with Gasteiger partial charge < -0.3 is 14.2 Å². The third-order valence-electron chi connectivity index (χ3n) is 2.06. The summed E-state index contributed by atoms with van der Waals surface area (Å²) in [5.74, 6) is 0.855. The van der Waals surface area contributed by atoms with Crippen molar-refractivity contribution in [3.8, 4) is 5.75 Å². The zero-order valence-corrected chi connectivity index (χ0v) is 8.82. The molecule has 0 saturated carbocycles. The molecule has 0 atom stereocenters. The zero-order chi connectivity index (χ0) is 10.4. The normalized spacial score (nSPS) is 10.6. The minimum Gasteiger partial charge on any atom is -0.497 e. The molecule has 0 heterocycles. The standard InChI is InChI=1S/C11H16O3/c1-12-10-6-4-5-9(7-10)8-11(13-2)14-3/h4-7,11H,8H2,1-3H3. The Morgan fingerprint density at radius 1 is 1.14 bits per heavy atom. The highest BCUT2D eigenvalue weighted by Crippen LogP contribution is 2.14. The van der Waals surface area contributed by atoms with Gasteiger partial charge in [-0.3, -0.25) is 0 Å². The third kappa shape index (κ3) is 3.01. The van der Waals surface area contributed by atoms with Gasteiger partial charge in [-0.25, -0.2) is 0 Å². The lowest BCUT2D eigenvalue weighted by Gasteiger charge is -2.13. The van der Waals surface area contributed by atoms with Crippen LogP contribution in [-0.2, 0) is 15.9 Å². The molecule has 1 aromatic carbocycles. The Morgan fingerprint density at radius 3 is 2.43 bits per heavy atom. The van der Waals surface area contributed by atoms with E-state index in [0.717, 1.165) is 17.7 Å². The molecule has 14 heavy (non-hydrogen) atoms. The van der Waals surface area contributed by atoms with E-state index in [9.17, 15) is 0 Å². The van der Waals surface area contributed by atoms with Crippen LogP contribution in [0.2, 0.25) is 0 Å². The lowest BCUT2D eigenvalue weighted by molar-refractivity contribution is -0.100. The predicted molar refractivity (Wildman–Crippen MR) is 54.5 cm³/mol. The summed E-state index contributed by atoms with van der Waals surface area (Å²) in [5, 5.41) is 0. The average molecular weight is 196 g/mol. The maximum atomic E-state index is 5.12. The largest absolute Gasteiger partial charge is 0.497 e. The summed E-state index contributed by atoms with van der Waals surface area (Å²) in [6.45, 7) is 0. The molecule has 3 nitrogen and oxygen atoms in total. The molecule has 3 heteroatoms. The monoisotopic (exact) mass is 196 g/mol. The van der Waals surface area contributed by atoms with Gasteiger partial charge in [0.05, 0.1) is 7.11 Å². The molecule has 0 spiro atoms. The van der Waals surface area contributed by atoms with E-state index < -0.39 is 0 Å². The van der Waals surface area contributed by atoms with Crippen LogP contribution >= 0.6 is 0 Å². The fourth-order valence-corrected chi connectivity index (χ4v) is 1.25. The maximum absolute atomic E-state index is 5.12. The molecule has 0 N–H and O–H groups in total. The molecule has 0 fully saturated rings. The highest BCUT2D eigenvalue weighted by Gasteiger charge is 2.06. The van der Waals surface area contributed by atoms with E-state index in [4.69, 9.17) is 14.2 Å². The molecule has 1 aromatic rings. The van der Waals surface area contributed by atoms with E-state index in [2.05, 4.69) is 0 Å². The Hall–Kier alpha value is -1.06. The molecule has 0 unspecified atom stereocenters. The smallest absolute Gasteiger partial charge is 0.160 e. The molecule has 0 aliphatic heterocycles. The second-order valence-corrected chi connectivity index (χ2v) is 2.96. The average Bonchev–Trinajstić information content (AvgIpc) is 2.26. The predicted octanol–water partition coefficient (Wildman–Crippen LogP) is 1.86. The van der Waals surface area contributed by atoms with E-state index in [1.807, 2.05) is 24.3 Å². The van der Waals surface area contributed by atoms with Crippen molar-refractivity contribution in [2.24, 2.45) is 0 Å². The van der Waals surface area contributed by atoms with E-state index in [0.29, 0.717) is 0 Å². The first-order chi connectivity index (χ1) is 6.80. The minimum absolute atomic E-state index is 0.192. The fourth-order valence-electron chi connectivity index (χ4n) is 1.25. The Labute approximate surface area is 84.6 Å². The Bertz CT molecular complexity index is 269. The highest BCUT2D eigenvalue weighted by atomic mass is 16.7. The number of ether oxygens (including phenoxy) is 3. The van der Waals surface area contributed by atoms with Crippen LogP contribution < -0.4 is 4.74 Å². The second kappa shape index (κ2) is 5.62. The van der Waals surface area contributed by atoms with Crippen molar-refractivity contribution in [2.75, 3.05) is 21.3 Å². The van der Waals surface area contributed by atoms with Crippen molar-refractivity contribution in [1.29, 1.82) is 0 Å². The highest BCUT2D eigenvalue weighted by molar-refractivity contribution is 5.28. The number of hydrogen-bond acceptors (Lipinski definition) is 3. The number of hydrogen-bond donors (Lipinski definition) is 0. The topological polar surface area (TPSA) is 27.7 Å². The number of benzene rings is 1. The van der Waals surface area contributed by atoms with Crippen molar-refractivity contribution in [2.45, 2.75) is 12.7 Å². The molecule has 78 valence electrons. The summed E-state index contributed by atoms with van der Waals surface area (Å²) < 4.78 is 15.3. The van der Waals surface area contributed by atoms with Crippen LogP contribution in [0.15, 0.2) is 24.3 Å². The molecular weight excluding hydrogens is 180 g/mol. The van der Waals surface area contributed by atoms with E-state index >= 15 is 0 Å². The van der Waals surface area contributed by atoms with Gasteiger partial charge in [0.25, 0.3) is 0 Å². The zero-order valence-electron chi connectivity index (χ0n) is 8.82. The van der Waals surface area contributed by atoms with Crippen LogP contribution in [0, 0.1) is 0 Å². The van der Waals surface area contributed by atoms with Gasteiger partial charge in [0.15, 0.2) is 6.29 Å². The van der Waals surface area contributed by atoms with Crippen LogP contribution in [-0.4, -0.2) is 27.6 Å². The van der Waals surface area contributed by atoms with Gasteiger partial charge in [-0.05, 0) is 17.7 Å². The van der Waals surface area contributed by atoms with Crippen LogP contribution in [0.4, 0.5) is 0 Å². The summed E-state index contributed by atoms with van der Waals surface area (Å²) in [6, 6.07) is 7.87. The van der Waals surface area contributed by atoms with Gasteiger partial charge in [-0.1, -0.05) is 12.1 Å². The van der Waals surface area contributed by atoms with Crippen molar-refractivity contribution in [3.63, 3.8) is 0 Å². The fraction of sp³-hybridized carbons (Fsp3) is 0.455. The summed E-state index contributed by atoms with van der Waals surface area (Å²) in [5.41, 5.74) is 1.14. The second-order valence-electron chi connectivity index (χ2n) is 2.96. The molecular formula is C11H16O3. The van der Waals surface area contributed by atoms with Crippen molar-refractivity contribution >= 4 is 0 Å². The van der Waals surface area contributed by atoms with Gasteiger partial charge >= 0.3 is 0 Å². The van der Waals surface area contributed by atoms with Crippen molar-refractivity contribution in [3.05, 3.63) is 29.8 Å². The summed E-state index contributed by atoms with van der Waals surface area (Å²) in [4.78, 5) is 0. The van der Waals surface area contributed by atoms with Gasteiger partial charge in [-0.2, -0.15) is 0 Å². The molecule has 0 aromatic heterocycles. The molecule has 0 amide bonds. The van der Waals surface area contributed by atoms with Crippen molar-refractivity contribution in [1.82, 2.24) is 0 Å². The summed E-state index contributed by atoms with van der Waals surface area (Å²) >= 11 is 0. The molecule has 0 radical (unpaired) electrons. The Balaban J connectivity index is 2.65. The number of rotatable bonds is 5. The Kier molecular flexibility index (Phi) is 4.43. The van der Waals surface area contributed by atoms with Crippen molar-refractivity contribution < 1.29 is 14.2 Å². The molecule has 0 saturated heterocycles. The van der Waals surface area contributed by atoms with E-state index in [1.165, 1.54) is 0 Å². The minimum atomic E-state index is -0.192. The van der Waals surface area contributed by atoms with Gasteiger partial charge in [0, 0.05) is 20.6 Å². The molecule has 1 rings (SSSR count). The van der Waals surface area contributed by atoms with Crippen LogP contribution in [0.5, 0.6) is 5.75 Å². The van der Waals surface area contributed by atoms with E-state index in [1.54, 1.807) is 21.3 Å². The van der Waals surface area contributed by atoms with Gasteiger partial charge in [0.2, 0.25) is 0 Å². The maximum Gasteiger partial charge on any atom is 0.160 e. The first-order valence-corrected chi connectivity index (χ1v) is 4.48. The Morgan fingerprint density at radius 2 is 1.86 bits per heavy atom. The lowest BCUT2D eigenvalue weighted by atomic mass is 10.1.